The van der Waals surface area contributed by atoms with Crippen molar-refractivity contribution < 1.29 is 13.1 Å². The summed E-state index contributed by atoms with van der Waals surface area (Å²) in [6, 6.07) is 6.16. The van der Waals surface area contributed by atoms with Crippen LogP contribution in [0.1, 0.15) is 67.8 Å². The number of aromatic nitrogens is 1. The molecule has 1 aromatic heterocycles. The first kappa shape index (κ1) is 21.3. The van der Waals surface area contributed by atoms with Gasteiger partial charge in [-0.3, -0.25) is 0 Å². The molecule has 0 saturated carbocycles. The van der Waals surface area contributed by atoms with E-state index >= 15 is 8.63 Å². The maximum Gasteiger partial charge on any atom is 0.737 e. The Balaban J connectivity index is 2.27. The molecule has 30 heavy (non-hydrogen) atoms. The Morgan fingerprint density at radius 1 is 1.03 bits per heavy atom. The lowest BCUT2D eigenvalue weighted by molar-refractivity contribution is -0.363. The highest BCUT2D eigenvalue weighted by molar-refractivity contribution is 9.10. The number of aryl methyl sites for hydroxylation is 1. The highest BCUT2D eigenvalue weighted by Gasteiger charge is 2.56. The zero-order valence-electron chi connectivity index (χ0n) is 18.8. The first-order valence-electron chi connectivity index (χ1n) is 10.6. The number of hydrogen-bond acceptors (Lipinski definition) is 0. The Morgan fingerprint density at radius 2 is 1.70 bits per heavy atom. The van der Waals surface area contributed by atoms with Gasteiger partial charge in [-0.2, -0.15) is 0 Å². The third kappa shape index (κ3) is 2.62. The number of rotatable bonds is 3. The number of halogens is 3. The van der Waals surface area contributed by atoms with Crippen LogP contribution in [0, 0.1) is 20.8 Å². The maximum atomic E-state index is 16.2. The minimum absolute atomic E-state index is 0.663. The van der Waals surface area contributed by atoms with Gasteiger partial charge in [0.05, 0.1) is 5.57 Å². The quantitative estimate of drug-likeness (QED) is 0.427. The molecule has 158 valence electrons. The van der Waals surface area contributed by atoms with Gasteiger partial charge in [0.25, 0.3) is 0 Å². The SMILES string of the molecule is CCC1=C(C)C2=C(c3cc(C)ccc3Br)c3c(C)c(CC)c(C)n3[B-](F)(F)[N+]2=C1C. The minimum Gasteiger partial charge on any atom is -0.393 e. The van der Waals surface area contributed by atoms with Crippen molar-refractivity contribution in [1.29, 1.82) is 0 Å². The highest BCUT2D eigenvalue weighted by atomic mass is 79.9. The van der Waals surface area contributed by atoms with E-state index in [2.05, 4.69) is 22.0 Å². The number of hydrogen-bond donors (Lipinski definition) is 0. The second-order valence-electron chi connectivity index (χ2n) is 8.47. The Bertz CT molecular complexity index is 1200. The zero-order chi connectivity index (χ0) is 22.1. The summed E-state index contributed by atoms with van der Waals surface area (Å²) in [5, 5.41) is 0. The Kier molecular flexibility index (Phi) is 5.00. The van der Waals surface area contributed by atoms with Crippen LogP contribution in [0.3, 0.4) is 0 Å². The summed E-state index contributed by atoms with van der Waals surface area (Å²) in [7, 11) is 0. The van der Waals surface area contributed by atoms with Crippen LogP contribution < -0.4 is 0 Å². The molecule has 0 bridgehead atoms. The molecule has 0 saturated heterocycles. The summed E-state index contributed by atoms with van der Waals surface area (Å²) in [5.74, 6) is 0. The smallest absolute Gasteiger partial charge is 0.393 e. The molecule has 0 fully saturated rings. The van der Waals surface area contributed by atoms with Crippen LogP contribution in [0.2, 0.25) is 0 Å². The Labute approximate surface area is 186 Å². The normalized spacial score (nSPS) is 17.8. The van der Waals surface area contributed by atoms with E-state index < -0.39 is 6.97 Å². The molecule has 6 heteroatoms. The summed E-state index contributed by atoms with van der Waals surface area (Å²) >= 11 is 3.71. The minimum atomic E-state index is -3.98. The molecule has 2 nitrogen and oxygen atoms in total. The van der Waals surface area contributed by atoms with Crippen molar-refractivity contribution in [3.8, 4) is 0 Å². The molecular formula is C24H28BBrF2N2. The lowest BCUT2D eigenvalue weighted by atomic mass is 9.83. The van der Waals surface area contributed by atoms with E-state index in [-0.39, 0.29) is 0 Å². The van der Waals surface area contributed by atoms with Crippen LogP contribution in [0.4, 0.5) is 8.63 Å². The van der Waals surface area contributed by atoms with Crippen LogP contribution in [-0.2, 0) is 6.42 Å². The topological polar surface area (TPSA) is 7.94 Å². The maximum absolute atomic E-state index is 16.2. The lowest BCUT2D eigenvalue weighted by Gasteiger charge is -2.34. The number of benzene rings is 1. The van der Waals surface area contributed by atoms with E-state index in [4.69, 9.17) is 0 Å². The number of allylic oxidation sites excluding steroid dienone is 2. The monoisotopic (exact) mass is 472 g/mol. The second kappa shape index (κ2) is 7.05. The van der Waals surface area contributed by atoms with E-state index in [9.17, 15) is 0 Å². The van der Waals surface area contributed by atoms with Crippen molar-refractivity contribution in [3.05, 3.63) is 73.2 Å². The van der Waals surface area contributed by atoms with Gasteiger partial charge in [-0.05, 0) is 69.5 Å². The second-order valence-corrected chi connectivity index (χ2v) is 9.32. The van der Waals surface area contributed by atoms with Gasteiger partial charge in [-0.1, -0.05) is 41.4 Å². The first-order chi connectivity index (χ1) is 14.1. The average molecular weight is 473 g/mol. The molecule has 0 amide bonds. The molecule has 0 unspecified atom stereocenters. The molecular weight excluding hydrogens is 445 g/mol. The summed E-state index contributed by atoms with van der Waals surface area (Å²) in [6.07, 6.45) is 1.47. The molecule has 0 atom stereocenters. The van der Waals surface area contributed by atoms with Crippen molar-refractivity contribution in [1.82, 2.24) is 4.48 Å². The number of fused-ring (bicyclic) bond motifs is 2. The summed E-state index contributed by atoms with van der Waals surface area (Å²) in [6.45, 7) is 9.82. The fourth-order valence-electron chi connectivity index (χ4n) is 5.56. The molecule has 3 heterocycles. The number of nitrogens with zero attached hydrogens (tertiary/aromatic N) is 2. The summed E-state index contributed by atoms with van der Waals surface area (Å²) < 4.78 is 36.0. The molecule has 4 rings (SSSR count). The molecule has 2 aliphatic rings. The average Bonchev–Trinajstić information content (AvgIpc) is 3.09. The standard InChI is InChI=1S/C24H28BBrF2N2/c1-8-18-14(4)23-22(20-12-13(3)10-11-21(20)26)24-15(5)19(9-2)17(7)30(24)25(27,28)29(23)16(18)6/h10-12H,8-9H2,1-7H3. The van der Waals surface area contributed by atoms with Gasteiger partial charge in [0.15, 0.2) is 5.70 Å². The third-order valence-electron chi connectivity index (χ3n) is 6.89. The summed E-state index contributed by atoms with van der Waals surface area (Å²) in [5.41, 5.74) is 9.60. The fourth-order valence-corrected chi connectivity index (χ4v) is 6.01. The molecule has 0 radical (unpaired) electrons. The van der Waals surface area contributed by atoms with E-state index in [0.717, 1.165) is 56.3 Å². The van der Waals surface area contributed by atoms with Gasteiger partial charge in [-0.25, -0.2) is 0 Å². The van der Waals surface area contributed by atoms with E-state index in [1.54, 1.807) is 0 Å². The van der Waals surface area contributed by atoms with Gasteiger partial charge < -0.3 is 17.6 Å². The largest absolute Gasteiger partial charge is 0.737 e. The van der Waals surface area contributed by atoms with Crippen molar-refractivity contribution in [2.75, 3.05) is 0 Å². The fraction of sp³-hybridized carbons (Fsp3) is 0.375. The molecule has 0 aliphatic carbocycles. The Morgan fingerprint density at radius 3 is 2.30 bits per heavy atom. The van der Waals surface area contributed by atoms with Crippen molar-refractivity contribution in [3.63, 3.8) is 0 Å². The van der Waals surface area contributed by atoms with Gasteiger partial charge >= 0.3 is 6.97 Å². The zero-order valence-corrected chi connectivity index (χ0v) is 20.3. The summed E-state index contributed by atoms with van der Waals surface area (Å²) in [4.78, 5) is 0. The van der Waals surface area contributed by atoms with E-state index in [1.165, 1.54) is 8.96 Å². The third-order valence-corrected chi connectivity index (χ3v) is 7.58. The predicted molar refractivity (Wildman–Crippen MR) is 125 cm³/mol. The van der Waals surface area contributed by atoms with Crippen LogP contribution in [0.15, 0.2) is 39.5 Å². The van der Waals surface area contributed by atoms with Crippen LogP contribution in [0.5, 0.6) is 0 Å². The lowest BCUT2D eigenvalue weighted by Crippen LogP contribution is -2.51. The van der Waals surface area contributed by atoms with Gasteiger partial charge in [0.2, 0.25) is 0 Å². The predicted octanol–water partition coefficient (Wildman–Crippen LogP) is 6.95. The van der Waals surface area contributed by atoms with Crippen LogP contribution in [0.25, 0.3) is 5.57 Å². The Hall–Kier alpha value is -1.95. The first-order valence-corrected chi connectivity index (χ1v) is 11.4. The van der Waals surface area contributed by atoms with Gasteiger partial charge in [-0.15, -0.1) is 0 Å². The van der Waals surface area contributed by atoms with E-state index in [1.807, 2.05) is 60.6 Å². The molecule has 0 spiro atoms. The van der Waals surface area contributed by atoms with Crippen molar-refractivity contribution in [2.45, 2.75) is 61.3 Å². The van der Waals surface area contributed by atoms with Gasteiger partial charge in [0, 0.05) is 33.8 Å². The van der Waals surface area contributed by atoms with Crippen LogP contribution in [-0.4, -0.2) is 21.6 Å². The molecule has 1 aromatic carbocycles. The van der Waals surface area contributed by atoms with Crippen molar-refractivity contribution >= 4 is 34.2 Å². The highest BCUT2D eigenvalue weighted by Crippen LogP contribution is 2.48. The molecule has 2 aromatic rings. The van der Waals surface area contributed by atoms with Crippen LogP contribution >= 0.6 is 15.9 Å². The van der Waals surface area contributed by atoms with Gasteiger partial charge in [0.1, 0.15) is 5.71 Å². The van der Waals surface area contributed by atoms with E-state index in [0.29, 0.717) is 22.8 Å². The molecule has 2 aliphatic heterocycles. The molecule has 0 N–H and O–H groups in total. The van der Waals surface area contributed by atoms with Crippen molar-refractivity contribution in [2.24, 2.45) is 0 Å².